The number of nitrogens with two attached hydrogens (primary N) is 1. The highest BCUT2D eigenvalue weighted by Gasteiger charge is 2.12. The van der Waals surface area contributed by atoms with Gasteiger partial charge in [0, 0.05) is 41.7 Å². The first kappa shape index (κ1) is 21.0. The number of aromatic amines is 1. The first-order chi connectivity index (χ1) is 14.3. The summed E-state index contributed by atoms with van der Waals surface area (Å²) in [5, 5.41) is 16.0. The fourth-order valence-electron chi connectivity index (χ4n) is 3.03. The van der Waals surface area contributed by atoms with Gasteiger partial charge >= 0.3 is 0 Å². The number of aryl methyl sites for hydroxylation is 2. The van der Waals surface area contributed by atoms with Gasteiger partial charge in [-0.3, -0.25) is 5.41 Å². The normalized spacial score (nSPS) is 10.7. The number of nitrogens with one attached hydrogen (secondary N) is 3. The van der Waals surface area contributed by atoms with Crippen molar-refractivity contribution in [3.05, 3.63) is 76.7 Å². The Labute approximate surface area is 172 Å². The molecule has 0 aliphatic rings. The number of alkyl halides is 2. The van der Waals surface area contributed by atoms with E-state index in [0.29, 0.717) is 28.6 Å². The zero-order valence-electron chi connectivity index (χ0n) is 16.9. The highest BCUT2D eigenvalue weighted by Crippen LogP contribution is 2.22. The maximum absolute atomic E-state index is 12.8. The van der Waals surface area contributed by atoms with Gasteiger partial charge in [-0.15, -0.1) is 0 Å². The van der Waals surface area contributed by atoms with Crippen LogP contribution in [-0.4, -0.2) is 32.5 Å². The number of halogens is 2. The van der Waals surface area contributed by atoms with E-state index in [9.17, 15) is 8.78 Å². The van der Waals surface area contributed by atoms with Crippen LogP contribution >= 0.6 is 0 Å². The number of anilines is 2. The number of nitrogens with zero attached hydrogens (tertiary/aromatic N) is 3. The van der Waals surface area contributed by atoms with Crippen molar-refractivity contribution < 1.29 is 8.78 Å². The van der Waals surface area contributed by atoms with Gasteiger partial charge in [-0.1, -0.05) is 24.3 Å². The Morgan fingerprint density at radius 1 is 1.17 bits per heavy atom. The number of hydrogen-bond donors (Lipinski definition) is 4. The molecule has 156 valence electrons. The second-order valence-corrected chi connectivity index (χ2v) is 6.70. The number of nitrogen functional groups attached to an aromatic ring is 1. The van der Waals surface area contributed by atoms with Crippen LogP contribution < -0.4 is 11.1 Å². The molecule has 0 unspecified atom stereocenters. The molecule has 0 saturated heterocycles. The molecule has 0 aliphatic carbocycles. The standard InChI is InChI=1S/C21H23F2N7/c1-12-10-13(2)30(29-12)18-11-17(24)28-21(26-3)16(8-9-27-18)19(25)14-4-6-15(7-5-14)20(22)23/h4-11,20,25-26,28H,24H2,1-3H3. The van der Waals surface area contributed by atoms with Gasteiger partial charge in [0.05, 0.1) is 11.4 Å². The van der Waals surface area contributed by atoms with Crippen LogP contribution in [0.3, 0.4) is 0 Å². The van der Waals surface area contributed by atoms with Crippen LogP contribution in [0.25, 0.3) is 5.82 Å². The van der Waals surface area contributed by atoms with Crippen LogP contribution in [0.2, 0.25) is 0 Å². The summed E-state index contributed by atoms with van der Waals surface area (Å²) in [7, 11) is 1.69. The third-order valence-electron chi connectivity index (χ3n) is 4.47. The Kier molecular flexibility index (Phi) is 6.10. The molecule has 1 aromatic carbocycles. The molecule has 30 heavy (non-hydrogen) atoms. The monoisotopic (exact) mass is 411 g/mol. The number of H-pyrrole nitrogens is 1. The largest absolute Gasteiger partial charge is 0.385 e. The topological polar surface area (TPSA) is 108 Å². The van der Waals surface area contributed by atoms with Gasteiger partial charge < -0.3 is 16.0 Å². The number of rotatable bonds is 5. The lowest BCUT2D eigenvalue weighted by molar-refractivity contribution is 0.151. The van der Waals surface area contributed by atoms with Crippen molar-refractivity contribution in [3.63, 3.8) is 0 Å². The average molecular weight is 411 g/mol. The van der Waals surface area contributed by atoms with E-state index in [4.69, 9.17) is 11.1 Å². The molecule has 9 heteroatoms. The summed E-state index contributed by atoms with van der Waals surface area (Å²) in [6, 6.07) is 10.8. The van der Waals surface area contributed by atoms with E-state index in [-0.39, 0.29) is 11.3 Å². The van der Waals surface area contributed by atoms with Crippen molar-refractivity contribution in [2.75, 3.05) is 18.1 Å². The van der Waals surface area contributed by atoms with Gasteiger partial charge in [0.25, 0.3) is 6.43 Å². The minimum Gasteiger partial charge on any atom is -0.385 e. The quantitative estimate of drug-likeness (QED) is 0.469. The fourth-order valence-corrected chi connectivity index (χ4v) is 3.03. The lowest BCUT2D eigenvalue weighted by Gasteiger charge is -2.09. The summed E-state index contributed by atoms with van der Waals surface area (Å²) in [6.07, 6.45) is -1.00. The maximum Gasteiger partial charge on any atom is 0.263 e. The van der Waals surface area contributed by atoms with Crippen molar-refractivity contribution in [1.29, 1.82) is 5.41 Å². The van der Waals surface area contributed by atoms with Crippen LogP contribution in [0.4, 0.5) is 20.4 Å². The second-order valence-electron chi connectivity index (χ2n) is 6.70. The fraction of sp³-hybridized carbons (Fsp3) is 0.190. The van der Waals surface area contributed by atoms with E-state index in [1.807, 2.05) is 19.9 Å². The van der Waals surface area contributed by atoms with E-state index in [1.54, 1.807) is 30.1 Å². The number of hydrogen-bond acceptors (Lipinski definition) is 5. The van der Waals surface area contributed by atoms with Gasteiger partial charge in [-0.05, 0) is 26.0 Å². The minimum absolute atomic E-state index is 0.0937. The third-order valence-corrected chi connectivity index (χ3v) is 4.47. The Balaban J connectivity index is 2.12. The Morgan fingerprint density at radius 3 is 2.43 bits per heavy atom. The molecule has 0 spiro atoms. The van der Waals surface area contributed by atoms with Crippen molar-refractivity contribution in [2.45, 2.75) is 20.3 Å². The van der Waals surface area contributed by atoms with E-state index >= 15 is 0 Å². The minimum atomic E-state index is -2.56. The van der Waals surface area contributed by atoms with Gasteiger partial charge in [0.1, 0.15) is 11.6 Å². The molecular formula is C21H23F2N7. The summed E-state index contributed by atoms with van der Waals surface area (Å²) in [6.45, 7) is 3.80. The first-order valence-electron chi connectivity index (χ1n) is 9.21. The number of benzene rings is 1. The maximum atomic E-state index is 12.8. The van der Waals surface area contributed by atoms with Gasteiger partial charge in [0.2, 0.25) is 0 Å². The highest BCUT2D eigenvalue weighted by molar-refractivity contribution is 6.13. The predicted octanol–water partition coefficient (Wildman–Crippen LogP) is 4.31. The Hall–Kier alpha value is -3.75. The molecule has 3 rings (SSSR count). The zero-order valence-corrected chi connectivity index (χ0v) is 16.9. The molecule has 0 fully saturated rings. The van der Waals surface area contributed by atoms with Gasteiger partial charge in [-0.25, -0.2) is 18.4 Å². The van der Waals surface area contributed by atoms with Crippen molar-refractivity contribution in [2.24, 2.45) is 0 Å². The lowest BCUT2D eigenvalue weighted by atomic mass is 10.0. The summed E-state index contributed by atoms with van der Waals surface area (Å²) < 4.78 is 27.3. The molecule has 2 heterocycles. The molecule has 0 saturated carbocycles. The molecule has 0 bridgehead atoms. The summed E-state index contributed by atoms with van der Waals surface area (Å²) in [5.41, 5.74) is 8.89. The van der Waals surface area contributed by atoms with Crippen LogP contribution in [-0.2, 0) is 0 Å². The van der Waals surface area contributed by atoms with E-state index < -0.39 is 6.43 Å². The van der Waals surface area contributed by atoms with Crippen LogP contribution in [0.15, 0.2) is 48.7 Å². The molecule has 2 aromatic heterocycles. The SMILES string of the molecule is CNc1[nH]c(N)cc(-n2nc(C)cc2C)nccc1C(=N)c1ccc(C(F)F)cc1. The van der Waals surface area contributed by atoms with E-state index in [0.717, 1.165) is 11.4 Å². The Bertz CT molecular complexity index is 1110. The summed E-state index contributed by atoms with van der Waals surface area (Å²) in [4.78, 5) is 7.49. The van der Waals surface area contributed by atoms with Crippen molar-refractivity contribution in [3.8, 4) is 5.82 Å². The Morgan fingerprint density at radius 2 is 1.87 bits per heavy atom. The molecule has 0 radical (unpaired) electrons. The highest BCUT2D eigenvalue weighted by atomic mass is 19.3. The molecule has 0 atom stereocenters. The summed E-state index contributed by atoms with van der Waals surface area (Å²) in [5.74, 6) is 1.28. The average Bonchev–Trinajstić information content (AvgIpc) is 3.09. The summed E-state index contributed by atoms with van der Waals surface area (Å²) >= 11 is 0. The van der Waals surface area contributed by atoms with Crippen LogP contribution in [0, 0.1) is 19.3 Å². The molecule has 0 amide bonds. The molecular weight excluding hydrogens is 388 g/mol. The zero-order chi connectivity index (χ0) is 21.8. The van der Waals surface area contributed by atoms with Gasteiger partial charge in [-0.2, -0.15) is 5.10 Å². The second kappa shape index (κ2) is 8.73. The molecule has 0 aliphatic heterocycles. The first-order valence-corrected chi connectivity index (χ1v) is 9.21. The lowest BCUT2D eigenvalue weighted by Crippen LogP contribution is -2.07. The van der Waals surface area contributed by atoms with Crippen LogP contribution in [0.1, 0.15) is 34.5 Å². The predicted molar refractivity (Wildman–Crippen MR) is 114 cm³/mol. The molecule has 5 N–H and O–H groups in total. The van der Waals surface area contributed by atoms with Crippen molar-refractivity contribution in [1.82, 2.24) is 19.7 Å². The number of aromatic nitrogens is 4. The molecule has 7 nitrogen and oxygen atoms in total. The molecule has 3 aromatic rings. The van der Waals surface area contributed by atoms with Gasteiger partial charge in [0.15, 0.2) is 5.82 Å². The third kappa shape index (κ3) is 4.45. The van der Waals surface area contributed by atoms with E-state index in [1.165, 1.54) is 24.3 Å². The van der Waals surface area contributed by atoms with Crippen molar-refractivity contribution >= 4 is 17.3 Å². The van der Waals surface area contributed by atoms with E-state index in [2.05, 4.69) is 20.4 Å². The van der Waals surface area contributed by atoms with Crippen LogP contribution in [0.5, 0.6) is 0 Å². The smallest absolute Gasteiger partial charge is 0.263 e.